The fourth-order valence-corrected chi connectivity index (χ4v) is 2.39. The summed E-state index contributed by atoms with van der Waals surface area (Å²) in [4.78, 5) is 25.6. The Hall–Kier alpha value is -2.21. The number of aromatic nitrogens is 1. The zero-order valence-corrected chi connectivity index (χ0v) is 11.5. The number of likely N-dealkylation sites (N-methyl/N-ethyl adjacent to an activating group) is 1. The Kier molecular flexibility index (Phi) is 4.14. The average Bonchev–Trinajstić information content (AvgIpc) is 2.86. The fraction of sp³-hybridized carbons (Fsp3) is 0.357. The second kappa shape index (κ2) is 5.83. The number of carbonyl (C=O) groups is 1. The van der Waals surface area contributed by atoms with Crippen LogP contribution in [0.1, 0.15) is 18.9 Å². The molecule has 0 saturated carbocycles. The summed E-state index contributed by atoms with van der Waals surface area (Å²) < 4.78 is 0. The van der Waals surface area contributed by atoms with Gasteiger partial charge in [-0.05, 0) is 25.1 Å². The quantitative estimate of drug-likeness (QED) is 0.624. The Balaban J connectivity index is 2.44. The smallest absolute Gasteiger partial charge is 0.279 e. The Morgan fingerprint density at radius 3 is 2.85 bits per heavy atom. The second-order valence-corrected chi connectivity index (χ2v) is 4.64. The summed E-state index contributed by atoms with van der Waals surface area (Å²) in [7, 11) is 1.72. The molecule has 1 atom stereocenters. The first-order valence-corrected chi connectivity index (χ1v) is 6.51. The Labute approximate surface area is 116 Å². The fourth-order valence-electron chi connectivity index (χ4n) is 2.39. The van der Waals surface area contributed by atoms with Crippen molar-refractivity contribution in [1.82, 2.24) is 10.3 Å². The van der Waals surface area contributed by atoms with E-state index in [4.69, 9.17) is 0 Å². The van der Waals surface area contributed by atoms with Gasteiger partial charge in [0.2, 0.25) is 0 Å². The number of non-ortho nitro benzene ring substituents is 1. The average molecular weight is 275 g/mol. The van der Waals surface area contributed by atoms with Crippen molar-refractivity contribution in [2.45, 2.75) is 25.8 Å². The number of H-pyrrole nitrogens is 1. The Morgan fingerprint density at radius 1 is 1.50 bits per heavy atom. The highest BCUT2D eigenvalue weighted by Gasteiger charge is 2.21. The minimum absolute atomic E-state index is 0.0672. The molecule has 0 aliphatic heterocycles. The van der Waals surface area contributed by atoms with Crippen LogP contribution in [-0.2, 0) is 11.2 Å². The van der Waals surface area contributed by atoms with Crippen LogP contribution in [0.4, 0.5) is 5.69 Å². The molecule has 1 aromatic carbocycles. The van der Waals surface area contributed by atoms with Gasteiger partial charge in [0.1, 0.15) is 5.78 Å². The summed E-state index contributed by atoms with van der Waals surface area (Å²) in [5, 5.41) is 14.7. The molecule has 0 spiro atoms. The number of hydrogen-bond acceptors (Lipinski definition) is 4. The number of ketones is 1. The van der Waals surface area contributed by atoms with Crippen LogP contribution in [0.2, 0.25) is 0 Å². The molecule has 2 aromatic rings. The molecule has 0 aliphatic carbocycles. The van der Waals surface area contributed by atoms with Crippen LogP contribution in [-0.4, -0.2) is 28.8 Å². The van der Waals surface area contributed by atoms with Gasteiger partial charge in [-0.2, -0.15) is 0 Å². The number of hydrogen-bond donors (Lipinski definition) is 2. The largest absolute Gasteiger partial charge is 0.361 e. The van der Waals surface area contributed by atoms with E-state index in [0.717, 1.165) is 5.56 Å². The summed E-state index contributed by atoms with van der Waals surface area (Å²) in [6.45, 7) is 1.81. The number of nitro groups is 1. The number of carbonyl (C=O) groups excluding carboxylic acids is 1. The van der Waals surface area contributed by atoms with Crippen LogP contribution in [0.25, 0.3) is 10.9 Å². The predicted molar refractivity (Wildman–Crippen MR) is 76.8 cm³/mol. The van der Waals surface area contributed by atoms with Gasteiger partial charge >= 0.3 is 0 Å². The van der Waals surface area contributed by atoms with Crippen molar-refractivity contribution in [2.75, 3.05) is 7.05 Å². The summed E-state index contributed by atoms with van der Waals surface area (Å²) in [5.74, 6) is 0.0976. The molecule has 0 amide bonds. The maximum atomic E-state index is 11.8. The number of rotatable bonds is 6. The lowest BCUT2D eigenvalue weighted by molar-refractivity contribution is -0.383. The summed E-state index contributed by atoms with van der Waals surface area (Å²) >= 11 is 0. The first-order valence-electron chi connectivity index (χ1n) is 6.51. The van der Waals surface area contributed by atoms with Gasteiger partial charge in [0.15, 0.2) is 0 Å². The highest BCUT2D eigenvalue weighted by atomic mass is 16.6. The summed E-state index contributed by atoms with van der Waals surface area (Å²) in [5.41, 5.74) is 1.57. The third-order valence-corrected chi connectivity index (χ3v) is 3.47. The standard InChI is InChI=1S/C14H17N3O3/c1-3-13(18)11(15-2)7-9-8-16-10-5-4-6-12(14(9)10)17(19)20/h4-6,8,11,15-16H,3,7H2,1-2H3/t11-/m1/s1. The molecule has 1 heterocycles. The molecular weight excluding hydrogens is 258 g/mol. The number of nitrogens with one attached hydrogen (secondary N) is 2. The molecule has 6 nitrogen and oxygen atoms in total. The highest BCUT2D eigenvalue weighted by Crippen LogP contribution is 2.29. The molecule has 6 heteroatoms. The molecule has 0 fully saturated rings. The minimum Gasteiger partial charge on any atom is -0.361 e. The molecule has 20 heavy (non-hydrogen) atoms. The first kappa shape index (κ1) is 14.2. The van der Waals surface area contributed by atoms with Crippen molar-refractivity contribution in [3.63, 3.8) is 0 Å². The molecular formula is C14H17N3O3. The minimum atomic E-state index is -0.393. The normalized spacial score (nSPS) is 12.5. The molecule has 0 aliphatic rings. The van der Waals surface area contributed by atoms with Crippen LogP contribution in [0.15, 0.2) is 24.4 Å². The van der Waals surface area contributed by atoms with Crippen molar-refractivity contribution >= 4 is 22.4 Å². The van der Waals surface area contributed by atoms with E-state index in [0.29, 0.717) is 23.7 Å². The Morgan fingerprint density at radius 2 is 2.25 bits per heavy atom. The molecule has 106 valence electrons. The van der Waals surface area contributed by atoms with Crippen molar-refractivity contribution < 1.29 is 9.72 Å². The van der Waals surface area contributed by atoms with Crippen molar-refractivity contribution in [2.24, 2.45) is 0 Å². The van der Waals surface area contributed by atoms with E-state index in [-0.39, 0.29) is 17.5 Å². The van der Waals surface area contributed by atoms with Gasteiger partial charge < -0.3 is 10.3 Å². The topological polar surface area (TPSA) is 88.0 Å². The van der Waals surface area contributed by atoms with E-state index in [1.165, 1.54) is 6.07 Å². The second-order valence-electron chi connectivity index (χ2n) is 4.64. The predicted octanol–water partition coefficient (Wildman–Crippen LogP) is 2.19. The van der Waals surface area contributed by atoms with Crippen molar-refractivity contribution in [3.05, 3.63) is 40.1 Å². The molecule has 0 bridgehead atoms. The van der Waals surface area contributed by atoms with E-state index >= 15 is 0 Å². The zero-order valence-electron chi connectivity index (χ0n) is 11.5. The number of aromatic amines is 1. The first-order chi connectivity index (χ1) is 9.58. The number of Topliss-reactive ketones (excluding diaryl/α,β-unsaturated/α-hetero) is 1. The third-order valence-electron chi connectivity index (χ3n) is 3.47. The van der Waals surface area contributed by atoms with Gasteiger partial charge in [-0.1, -0.05) is 13.0 Å². The Bertz CT molecular complexity index is 648. The summed E-state index contributed by atoms with van der Waals surface area (Å²) in [6.07, 6.45) is 2.62. The van der Waals surface area contributed by atoms with Gasteiger partial charge in [0.25, 0.3) is 5.69 Å². The van der Waals surface area contributed by atoms with Gasteiger partial charge in [-0.15, -0.1) is 0 Å². The molecule has 0 radical (unpaired) electrons. The lowest BCUT2D eigenvalue weighted by Crippen LogP contribution is -2.35. The van der Waals surface area contributed by atoms with Crippen LogP contribution < -0.4 is 5.32 Å². The van der Waals surface area contributed by atoms with Crippen molar-refractivity contribution in [1.29, 1.82) is 0 Å². The molecule has 0 unspecified atom stereocenters. The number of fused-ring (bicyclic) bond motifs is 1. The molecule has 0 saturated heterocycles. The van der Waals surface area contributed by atoms with E-state index in [1.807, 2.05) is 6.92 Å². The van der Waals surface area contributed by atoms with E-state index in [9.17, 15) is 14.9 Å². The SMILES string of the molecule is CCC(=O)[C@@H](Cc1c[nH]c2cccc([N+](=O)[O-])c12)NC. The van der Waals surface area contributed by atoms with E-state index in [1.54, 1.807) is 25.4 Å². The van der Waals surface area contributed by atoms with Crippen LogP contribution >= 0.6 is 0 Å². The number of benzene rings is 1. The maximum absolute atomic E-state index is 11.8. The maximum Gasteiger partial charge on any atom is 0.279 e. The number of nitro benzene ring substituents is 1. The monoisotopic (exact) mass is 275 g/mol. The van der Waals surface area contributed by atoms with Gasteiger partial charge in [-0.3, -0.25) is 14.9 Å². The zero-order chi connectivity index (χ0) is 14.7. The van der Waals surface area contributed by atoms with Crippen LogP contribution in [0.3, 0.4) is 0 Å². The van der Waals surface area contributed by atoms with Crippen LogP contribution in [0.5, 0.6) is 0 Å². The van der Waals surface area contributed by atoms with Gasteiger partial charge in [-0.25, -0.2) is 0 Å². The highest BCUT2D eigenvalue weighted by molar-refractivity contribution is 5.93. The molecule has 1 aromatic heterocycles. The third kappa shape index (κ3) is 2.55. The van der Waals surface area contributed by atoms with Gasteiger partial charge in [0.05, 0.1) is 21.9 Å². The van der Waals surface area contributed by atoms with Crippen molar-refractivity contribution in [3.8, 4) is 0 Å². The van der Waals surface area contributed by atoms with E-state index < -0.39 is 4.92 Å². The van der Waals surface area contributed by atoms with Gasteiger partial charge in [0, 0.05) is 18.7 Å². The number of nitrogens with zero attached hydrogens (tertiary/aromatic N) is 1. The molecule has 2 N–H and O–H groups in total. The lowest BCUT2D eigenvalue weighted by Gasteiger charge is -2.13. The van der Waals surface area contributed by atoms with E-state index in [2.05, 4.69) is 10.3 Å². The van der Waals surface area contributed by atoms with Crippen LogP contribution in [0, 0.1) is 10.1 Å². The lowest BCUT2D eigenvalue weighted by atomic mass is 10.00. The molecule has 2 rings (SSSR count). The summed E-state index contributed by atoms with van der Waals surface area (Å²) in [6, 6.07) is 4.60.